The minimum atomic E-state index is -0.468. The molecule has 1 N–H and O–H groups in total. The van der Waals surface area contributed by atoms with Crippen LogP contribution in [0.15, 0.2) is 49.1 Å². The molecule has 3 heterocycles. The molecular formula is C19H23N5O. The summed E-state index contributed by atoms with van der Waals surface area (Å²) in [5.74, 6) is 0.868. The molecule has 0 spiro atoms. The van der Waals surface area contributed by atoms with Crippen LogP contribution in [0.5, 0.6) is 0 Å². The number of aliphatic hydroxyl groups is 1. The van der Waals surface area contributed by atoms with E-state index >= 15 is 0 Å². The van der Waals surface area contributed by atoms with Crippen molar-refractivity contribution in [3.05, 3.63) is 54.6 Å². The topological polar surface area (TPSA) is 66.5 Å². The second-order valence-corrected chi connectivity index (χ2v) is 6.67. The van der Waals surface area contributed by atoms with Gasteiger partial charge in [-0.1, -0.05) is 43.2 Å². The maximum Gasteiger partial charge on any atom is 0.203 e. The van der Waals surface area contributed by atoms with Gasteiger partial charge in [0.05, 0.1) is 6.10 Å². The SMILES string of the molecule is O[C@H](C[C@@H]1CCCCCN1c1nccn2cnnc12)c1ccccc1. The highest BCUT2D eigenvalue weighted by Crippen LogP contribution is 2.30. The third kappa shape index (κ3) is 3.35. The molecule has 1 fully saturated rings. The first-order valence-electron chi connectivity index (χ1n) is 8.97. The van der Waals surface area contributed by atoms with E-state index in [0.29, 0.717) is 6.42 Å². The zero-order valence-corrected chi connectivity index (χ0v) is 14.2. The van der Waals surface area contributed by atoms with Crippen molar-refractivity contribution in [2.24, 2.45) is 0 Å². The Balaban J connectivity index is 1.63. The molecule has 25 heavy (non-hydrogen) atoms. The van der Waals surface area contributed by atoms with Gasteiger partial charge in [-0.15, -0.1) is 10.2 Å². The second kappa shape index (κ2) is 7.19. The lowest BCUT2D eigenvalue weighted by Crippen LogP contribution is -2.37. The van der Waals surface area contributed by atoms with Crippen molar-refractivity contribution >= 4 is 11.5 Å². The fraction of sp³-hybridized carbons (Fsp3) is 0.421. The Labute approximate surface area is 147 Å². The molecule has 2 aromatic heterocycles. The number of hydrogen-bond donors (Lipinski definition) is 1. The van der Waals surface area contributed by atoms with Crippen LogP contribution in [0.1, 0.15) is 43.8 Å². The molecule has 6 nitrogen and oxygen atoms in total. The Kier molecular flexibility index (Phi) is 4.61. The van der Waals surface area contributed by atoms with Crippen molar-refractivity contribution < 1.29 is 5.11 Å². The zero-order valence-electron chi connectivity index (χ0n) is 14.2. The highest BCUT2D eigenvalue weighted by molar-refractivity contribution is 5.63. The first-order valence-corrected chi connectivity index (χ1v) is 8.97. The number of aromatic nitrogens is 4. The fourth-order valence-corrected chi connectivity index (χ4v) is 3.72. The monoisotopic (exact) mass is 337 g/mol. The van der Waals surface area contributed by atoms with E-state index in [9.17, 15) is 5.11 Å². The van der Waals surface area contributed by atoms with Crippen LogP contribution in [-0.4, -0.2) is 37.3 Å². The Morgan fingerprint density at radius 2 is 2.04 bits per heavy atom. The van der Waals surface area contributed by atoms with Gasteiger partial charge in [-0.25, -0.2) is 4.98 Å². The number of benzene rings is 1. The molecular weight excluding hydrogens is 314 g/mol. The number of hydrogen-bond acceptors (Lipinski definition) is 5. The van der Waals surface area contributed by atoms with E-state index in [2.05, 4.69) is 20.1 Å². The smallest absolute Gasteiger partial charge is 0.203 e. The lowest BCUT2D eigenvalue weighted by molar-refractivity contribution is 0.155. The van der Waals surface area contributed by atoms with Gasteiger partial charge < -0.3 is 10.0 Å². The molecule has 0 saturated carbocycles. The Hall–Kier alpha value is -2.47. The lowest BCUT2D eigenvalue weighted by Gasteiger charge is -2.32. The molecule has 6 heteroatoms. The molecule has 1 aliphatic heterocycles. The molecule has 2 atom stereocenters. The molecule has 1 aromatic carbocycles. The maximum atomic E-state index is 10.7. The van der Waals surface area contributed by atoms with Crippen LogP contribution in [0.2, 0.25) is 0 Å². The molecule has 0 amide bonds. The summed E-state index contributed by atoms with van der Waals surface area (Å²) in [5.41, 5.74) is 1.75. The Bertz CT molecular complexity index is 819. The van der Waals surface area contributed by atoms with E-state index in [0.717, 1.165) is 36.4 Å². The summed E-state index contributed by atoms with van der Waals surface area (Å²) >= 11 is 0. The van der Waals surface area contributed by atoms with Crippen molar-refractivity contribution in [3.63, 3.8) is 0 Å². The van der Waals surface area contributed by atoms with Crippen molar-refractivity contribution in [1.29, 1.82) is 0 Å². The fourth-order valence-electron chi connectivity index (χ4n) is 3.72. The average molecular weight is 337 g/mol. The Morgan fingerprint density at radius 1 is 1.16 bits per heavy atom. The van der Waals surface area contributed by atoms with Crippen LogP contribution in [0.3, 0.4) is 0 Å². The molecule has 1 saturated heterocycles. The standard InChI is InChI=1S/C19H23N5O/c25-17(15-7-3-1-4-8-15)13-16-9-5-2-6-11-24(16)18-19-22-21-14-23(19)12-10-20-18/h1,3-4,7-8,10,12,14,16-17,25H,2,5-6,9,11,13H2/t16-,17+/m0/s1. The van der Waals surface area contributed by atoms with Crippen LogP contribution < -0.4 is 4.90 Å². The van der Waals surface area contributed by atoms with Gasteiger partial charge in [0, 0.05) is 25.0 Å². The van der Waals surface area contributed by atoms with Gasteiger partial charge in [-0.3, -0.25) is 4.40 Å². The van der Waals surface area contributed by atoms with E-state index in [-0.39, 0.29) is 6.04 Å². The predicted octanol–water partition coefficient (Wildman–Crippen LogP) is 3.00. The minimum absolute atomic E-state index is 0.244. The van der Waals surface area contributed by atoms with Gasteiger partial charge in [-0.05, 0) is 24.8 Å². The van der Waals surface area contributed by atoms with Crippen LogP contribution in [0.4, 0.5) is 5.82 Å². The summed E-state index contributed by atoms with van der Waals surface area (Å²) in [4.78, 5) is 6.92. The van der Waals surface area contributed by atoms with Gasteiger partial charge in [-0.2, -0.15) is 0 Å². The minimum Gasteiger partial charge on any atom is -0.388 e. The van der Waals surface area contributed by atoms with E-state index in [1.54, 1.807) is 12.5 Å². The summed E-state index contributed by atoms with van der Waals surface area (Å²) in [6, 6.07) is 10.1. The average Bonchev–Trinajstić information content (AvgIpc) is 3.02. The molecule has 1 aliphatic rings. The number of anilines is 1. The van der Waals surface area contributed by atoms with Gasteiger partial charge in [0.1, 0.15) is 6.33 Å². The lowest BCUT2D eigenvalue weighted by atomic mass is 9.98. The van der Waals surface area contributed by atoms with Gasteiger partial charge in [0.25, 0.3) is 0 Å². The number of nitrogens with zero attached hydrogens (tertiary/aromatic N) is 5. The number of rotatable bonds is 4. The van der Waals surface area contributed by atoms with E-state index in [1.165, 1.54) is 12.8 Å². The van der Waals surface area contributed by atoms with Gasteiger partial charge in [0.15, 0.2) is 5.82 Å². The number of aliphatic hydroxyl groups excluding tert-OH is 1. The third-order valence-corrected chi connectivity index (χ3v) is 5.03. The normalized spacial score (nSPS) is 19.7. The molecule has 3 aromatic rings. The second-order valence-electron chi connectivity index (χ2n) is 6.67. The highest BCUT2D eigenvalue weighted by atomic mass is 16.3. The third-order valence-electron chi connectivity index (χ3n) is 5.03. The maximum absolute atomic E-state index is 10.7. The zero-order chi connectivity index (χ0) is 17.1. The summed E-state index contributed by atoms with van der Waals surface area (Å²) in [5, 5.41) is 19.0. The molecule has 0 radical (unpaired) electrons. The van der Waals surface area contributed by atoms with Crippen molar-refractivity contribution in [2.75, 3.05) is 11.4 Å². The van der Waals surface area contributed by atoms with E-state index < -0.39 is 6.10 Å². The summed E-state index contributed by atoms with van der Waals surface area (Å²) in [6.45, 7) is 0.936. The highest BCUT2D eigenvalue weighted by Gasteiger charge is 2.27. The molecule has 4 rings (SSSR count). The van der Waals surface area contributed by atoms with Crippen molar-refractivity contribution in [2.45, 2.75) is 44.2 Å². The van der Waals surface area contributed by atoms with Crippen LogP contribution in [-0.2, 0) is 0 Å². The summed E-state index contributed by atoms with van der Waals surface area (Å²) in [7, 11) is 0. The summed E-state index contributed by atoms with van der Waals surface area (Å²) in [6.07, 6.45) is 10.2. The molecule has 130 valence electrons. The molecule has 0 unspecified atom stereocenters. The quantitative estimate of drug-likeness (QED) is 0.793. The van der Waals surface area contributed by atoms with Crippen LogP contribution in [0.25, 0.3) is 5.65 Å². The Morgan fingerprint density at radius 3 is 2.92 bits per heavy atom. The van der Waals surface area contributed by atoms with Gasteiger partial charge in [0.2, 0.25) is 5.65 Å². The first kappa shape index (κ1) is 16.0. The summed E-state index contributed by atoms with van der Waals surface area (Å²) < 4.78 is 1.90. The predicted molar refractivity (Wildman–Crippen MR) is 96.4 cm³/mol. The van der Waals surface area contributed by atoms with E-state index in [4.69, 9.17) is 0 Å². The molecule has 0 bridgehead atoms. The van der Waals surface area contributed by atoms with Crippen LogP contribution in [0, 0.1) is 0 Å². The molecule has 0 aliphatic carbocycles. The van der Waals surface area contributed by atoms with Gasteiger partial charge >= 0.3 is 0 Å². The van der Waals surface area contributed by atoms with Crippen LogP contribution >= 0.6 is 0 Å². The van der Waals surface area contributed by atoms with Crippen molar-refractivity contribution in [1.82, 2.24) is 19.6 Å². The van der Waals surface area contributed by atoms with Crippen molar-refractivity contribution in [3.8, 4) is 0 Å². The van der Waals surface area contributed by atoms with E-state index in [1.807, 2.05) is 40.9 Å². The number of fused-ring (bicyclic) bond motifs is 1. The first-order chi connectivity index (χ1) is 12.3. The largest absolute Gasteiger partial charge is 0.388 e.